The Balaban J connectivity index is 2.34. The number of hydrogen-bond donors (Lipinski definition) is 1. The van der Waals surface area contributed by atoms with E-state index in [1.54, 1.807) is 24.4 Å². The Kier molecular flexibility index (Phi) is 4.08. The summed E-state index contributed by atoms with van der Waals surface area (Å²) in [5, 5.41) is 0. The Bertz CT molecular complexity index is 284. The Labute approximate surface area is 86.3 Å². The topological polar surface area (TPSA) is 38.9 Å². The molecule has 1 aromatic rings. The fourth-order valence-corrected chi connectivity index (χ4v) is 1.27. The fourth-order valence-electron chi connectivity index (χ4n) is 1.27. The van der Waals surface area contributed by atoms with Crippen LogP contribution in [-0.4, -0.2) is 11.2 Å². The molecule has 0 bridgehead atoms. The van der Waals surface area contributed by atoms with E-state index in [1.165, 1.54) is 0 Å². The lowest BCUT2D eigenvalue weighted by Gasteiger charge is -2.11. The van der Waals surface area contributed by atoms with Gasteiger partial charge in [-0.1, -0.05) is 6.07 Å². The second-order valence-electron chi connectivity index (χ2n) is 3.37. The number of pyridine rings is 1. The van der Waals surface area contributed by atoms with Crippen LogP contribution in [-0.2, 0) is 0 Å². The maximum atomic E-state index is 11.9. The summed E-state index contributed by atoms with van der Waals surface area (Å²) in [5.41, 5.74) is 6.33. The molecule has 1 heterocycles. The lowest BCUT2D eigenvalue weighted by molar-refractivity contribution is -0.135. The first-order chi connectivity index (χ1) is 6.99. The molecule has 1 unspecified atom stereocenters. The molecule has 0 saturated heterocycles. The second kappa shape index (κ2) is 5.11. The zero-order valence-electron chi connectivity index (χ0n) is 8.17. The summed E-state index contributed by atoms with van der Waals surface area (Å²) in [5.74, 6) is 0. The van der Waals surface area contributed by atoms with Gasteiger partial charge in [0.15, 0.2) is 0 Å². The monoisotopic (exact) mass is 218 g/mol. The van der Waals surface area contributed by atoms with Gasteiger partial charge in [0.05, 0.1) is 5.69 Å². The molecule has 2 nitrogen and oxygen atoms in total. The van der Waals surface area contributed by atoms with Crippen molar-refractivity contribution in [3.8, 4) is 0 Å². The number of aromatic nitrogens is 1. The third-order valence-corrected chi connectivity index (χ3v) is 2.04. The van der Waals surface area contributed by atoms with E-state index in [-0.39, 0.29) is 6.42 Å². The van der Waals surface area contributed by atoms with E-state index in [1.807, 2.05) is 0 Å². The van der Waals surface area contributed by atoms with Gasteiger partial charge in [-0.05, 0) is 25.0 Å². The molecule has 1 aromatic heterocycles. The molecule has 0 spiro atoms. The highest BCUT2D eigenvalue weighted by Gasteiger charge is 2.26. The maximum Gasteiger partial charge on any atom is 0.389 e. The fraction of sp³-hybridized carbons (Fsp3) is 0.500. The SMILES string of the molecule is NC(CCCC(F)(F)F)c1ccccn1. The van der Waals surface area contributed by atoms with Crippen LogP contribution in [0.4, 0.5) is 13.2 Å². The summed E-state index contributed by atoms with van der Waals surface area (Å²) in [6.07, 6.45) is -2.95. The van der Waals surface area contributed by atoms with Crippen molar-refractivity contribution in [2.45, 2.75) is 31.5 Å². The molecule has 5 heteroatoms. The number of nitrogens with zero attached hydrogens (tertiary/aromatic N) is 1. The van der Waals surface area contributed by atoms with Crippen molar-refractivity contribution in [1.29, 1.82) is 0 Å². The van der Waals surface area contributed by atoms with E-state index in [2.05, 4.69) is 4.98 Å². The minimum atomic E-state index is -4.09. The molecule has 2 N–H and O–H groups in total. The molecule has 0 aliphatic heterocycles. The molecule has 0 saturated carbocycles. The van der Waals surface area contributed by atoms with Crippen LogP contribution >= 0.6 is 0 Å². The number of halogens is 3. The van der Waals surface area contributed by atoms with Crippen LogP contribution in [0, 0.1) is 0 Å². The van der Waals surface area contributed by atoms with Crippen molar-refractivity contribution >= 4 is 0 Å². The Morgan fingerprint density at radius 3 is 2.60 bits per heavy atom. The lowest BCUT2D eigenvalue weighted by atomic mass is 10.1. The molecule has 15 heavy (non-hydrogen) atoms. The molecule has 0 amide bonds. The highest BCUT2D eigenvalue weighted by molar-refractivity contribution is 5.07. The van der Waals surface area contributed by atoms with Gasteiger partial charge in [0.25, 0.3) is 0 Å². The molecule has 0 radical (unpaired) electrons. The van der Waals surface area contributed by atoms with Crippen LogP contribution in [0.25, 0.3) is 0 Å². The van der Waals surface area contributed by atoms with Gasteiger partial charge in [0, 0.05) is 18.7 Å². The van der Waals surface area contributed by atoms with Gasteiger partial charge in [-0.3, -0.25) is 4.98 Å². The smallest absolute Gasteiger partial charge is 0.323 e. The molecular formula is C10H13F3N2. The van der Waals surface area contributed by atoms with Crippen molar-refractivity contribution in [3.05, 3.63) is 30.1 Å². The van der Waals surface area contributed by atoms with Gasteiger partial charge in [0.2, 0.25) is 0 Å². The number of nitrogens with two attached hydrogens (primary N) is 1. The standard InChI is InChI=1S/C10H13F3N2/c11-10(12,13)6-3-4-8(14)9-5-1-2-7-15-9/h1-2,5,7-8H,3-4,6,14H2. The molecule has 0 aliphatic carbocycles. The van der Waals surface area contributed by atoms with Gasteiger partial charge in [-0.2, -0.15) is 13.2 Å². The Hall–Kier alpha value is -1.10. The molecule has 0 aliphatic rings. The summed E-state index contributed by atoms with van der Waals surface area (Å²) in [6, 6.07) is 4.82. The van der Waals surface area contributed by atoms with Crippen molar-refractivity contribution in [2.75, 3.05) is 0 Å². The minimum absolute atomic E-state index is 0.0429. The van der Waals surface area contributed by atoms with E-state index in [0.29, 0.717) is 12.1 Å². The number of alkyl halides is 3. The Morgan fingerprint density at radius 1 is 1.33 bits per heavy atom. The number of rotatable bonds is 4. The summed E-state index contributed by atoms with van der Waals surface area (Å²) in [4.78, 5) is 3.99. The average molecular weight is 218 g/mol. The summed E-state index contributed by atoms with van der Waals surface area (Å²) in [6.45, 7) is 0. The third-order valence-electron chi connectivity index (χ3n) is 2.04. The van der Waals surface area contributed by atoms with Crippen molar-refractivity contribution in [1.82, 2.24) is 4.98 Å². The van der Waals surface area contributed by atoms with Crippen LogP contribution in [0.3, 0.4) is 0 Å². The average Bonchev–Trinajstić information content (AvgIpc) is 2.17. The minimum Gasteiger partial charge on any atom is -0.323 e. The molecule has 1 rings (SSSR count). The van der Waals surface area contributed by atoms with Gasteiger partial charge in [-0.15, -0.1) is 0 Å². The molecule has 0 aromatic carbocycles. The van der Waals surface area contributed by atoms with Gasteiger partial charge in [0.1, 0.15) is 0 Å². The predicted molar refractivity (Wildman–Crippen MR) is 51.1 cm³/mol. The van der Waals surface area contributed by atoms with Crippen molar-refractivity contribution < 1.29 is 13.2 Å². The lowest BCUT2D eigenvalue weighted by Crippen LogP contribution is -2.14. The summed E-state index contributed by atoms with van der Waals surface area (Å²) < 4.78 is 35.6. The van der Waals surface area contributed by atoms with Gasteiger partial charge in [-0.25, -0.2) is 0 Å². The summed E-state index contributed by atoms with van der Waals surface area (Å²) >= 11 is 0. The maximum absolute atomic E-state index is 11.9. The quantitative estimate of drug-likeness (QED) is 0.843. The van der Waals surface area contributed by atoms with E-state index in [9.17, 15) is 13.2 Å². The number of hydrogen-bond acceptors (Lipinski definition) is 2. The molecule has 0 fully saturated rings. The van der Waals surface area contributed by atoms with Crippen LogP contribution in [0.5, 0.6) is 0 Å². The first-order valence-electron chi connectivity index (χ1n) is 4.72. The third kappa shape index (κ3) is 4.78. The van der Waals surface area contributed by atoms with Gasteiger partial charge >= 0.3 is 6.18 Å². The Morgan fingerprint density at radius 2 is 2.07 bits per heavy atom. The molecule has 1 atom stereocenters. The molecular weight excluding hydrogens is 205 g/mol. The van der Waals surface area contributed by atoms with Crippen molar-refractivity contribution in [3.63, 3.8) is 0 Å². The first kappa shape index (κ1) is 12.0. The van der Waals surface area contributed by atoms with Crippen LogP contribution in [0.1, 0.15) is 31.0 Å². The van der Waals surface area contributed by atoms with Crippen LogP contribution in [0.2, 0.25) is 0 Å². The van der Waals surface area contributed by atoms with Crippen molar-refractivity contribution in [2.24, 2.45) is 5.73 Å². The van der Waals surface area contributed by atoms with E-state index >= 15 is 0 Å². The zero-order valence-corrected chi connectivity index (χ0v) is 8.17. The first-order valence-corrected chi connectivity index (χ1v) is 4.72. The van der Waals surface area contributed by atoms with Gasteiger partial charge < -0.3 is 5.73 Å². The largest absolute Gasteiger partial charge is 0.389 e. The molecule has 84 valence electrons. The zero-order chi connectivity index (χ0) is 11.3. The second-order valence-corrected chi connectivity index (χ2v) is 3.37. The van der Waals surface area contributed by atoms with E-state index in [4.69, 9.17) is 5.73 Å². The highest BCUT2D eigenvalue weighted by Crippen LogP contribution is 2.24. The van der Waals surface area contributed by atoms with Crippen LogP contribution in [0.15, 0.2) is 24.4 Å². The summed E-state index contributed by atoms with van der Waals surface area (Å²) in [7, 11) is 0. The van der Waals surface area contributed by atoms with Crippen LogP contribution < -0.4 is 5.73 Å². The highest BCUT2D eigenvalue weighted by atomic mass is 19.4. The predicted octanol–water partition coefficient (Wildman–Crippen LogP) is 2.81. The van der Waals surface area contributed by atoms with E-state index < -0.39 is 18.6 Å². The normalized spacial score (nSPS) is 13.9. The van der Waals surface area contributed by atoms with E-state index in [0.717, 1.165) is 0 Å².